The number of carbonyl (C=O) groups is 3. The molecule has 0 saturated carbocycles. The van der Waals surface area contributed by atoms with Gasteiger partial charge in [-0.05, 0) is 13.0 Å². The largest absolute Gasteiger partial charge is 0.549 e. The van der Waals surface area contributed by atoms with Gasteiger partial charge in [0.2, 0.25) is 0 Å². The van der Waals surface area contributed by atoms with Crippen LogP contribution in [-0.2, 0) is 25.5 Å². The zero-order chi connectivity index (χ0) is 17.6. The maximum atomic E-state index is 12.1. The molecule has 0 radical (unpaired) electrons. The summed E-state index contributed by atoms with van der Waals surface area (Å²) in [5, 5.41) is 22.1. The summed E-state index contributed by atoms with van der Waals surface area (Å²) in [5.41, 5.74) is -0.542. The lowest BCUT2D eigenvalue weighted by atomic mass is 9.96. The molecule has 23 heavy (non-hydrogen) atoms. The van der Waals surface area contributed by atoms with Crippen molar-refractivity contribution in [2.24, 2.45) is 5.92 Å². The molecule has 0 aliphatic rings. The summed E-state index contributed by atoms with van der Waals surface area (Å²) in [7, 11) is 1.24. The smallest absolute Gasteiger partial charge is 0.322 e. The van der Waals surface area contributed by atoms with E-state index in [0.717, 1.165) is 6.07 Å². The van der Waals surface area contributed by atoms with E-state index in [1.165, 1.54) is 26.2 Å². The van der Waals surface area contributed by atoms with Gasteiger partial charge in [0.05, 0.1) is 30.2 Å². The summed E-state index contributed by atoms with van der Waals surface area (Å²) in [5.74, 6) is -6.40. The number of nitro groups is 1. The molecule has 9 nitrogen and oxygen atoms in total. The maximum absolute atomic E-state index is 12.1. The molecule has 0 aliphatic carbocycles. The number of ketones is 1. The highest BCUT2D eigenvalue weighted by Gasteiger charge is 2.32. The van der Waals surface area contributed by atoms with E-state index in [0.29, 0.717) is 0 Å². The molecular weight excluding hydrogens is 310 g/mol. The Balaban J connectivity index is 3.19. The number of hydrogen-bond donors (Lipinski definition) is 0. The lowest BCUT2D eigenvalue weighted by Crippen LogP contribution is -2.43. The Morgan fingerprint density at radius 1 is 1.30 bits per heavy atom. The SMILES string of the molecule is CCOC(=O)C(C(=O)[O-])C(=O)Cc1c(OC)cccc1[N+](=O)[O-]. The Bertz CT molecular complexity index is 640. The minimum absolute atomic E-state index is 0.0357. The molecular formula is C14H14NO8-. The van der Waals surface area contributed by atoms with Gasteiger partial charge in [0.15, 0.2) is 11.7 Å². The van der Waals surface area contributed by atoms with Crippen LogP contribution in [0.1, 0.15) is 12.5 Å². The Morgan fingerprint density at radius 3 is 2.43 bits per heavy atom. The van der Waals surface area contributed by atoms with Crippen LogP contribution in [0.15, 0.2) is 18.2 Å². The minimum Gasteiger partial charge on any atom is -0.549 e. The monoisotopic (exact) mass is 324 g/mol. The van der Waals surface area contributed by atoms with E-state index in [1.54, 1.807) is 0 Å². The van der Waals surface area contributed by atoms with Crippen LogP contribution in [0, 0.1) is 16.0 Å². The lowest BCUT2D eigenvalue weighted by Gasteiger charge is -2.16. The van der Waals surface area contributed by atoms with Crippen molar-refractivity contribution in [1.82, 2.24) is 0 Å². The summed E-state index contributed by atoms with van der Waals surface area (Å²) in [6.07, 6.45) is -0.683. The zero-order valence-electron chi connectivity index (χ0n) is 12.4. The number of carboxylic acid groups (broad SMARTS) is 1. The lowest BCUT2D eigenvalue weighted by molar-refractivity contribution is -0.385. The molecule has 0 aliphatic heterocycles. The van der Waals surface area contributed by atoms with Crippen LogP contribution in [0.25, 0.3) is 0 Å². The summed E-state index contributed by atoms with van der Waals surface area (Å²) in [6.45, 7) is 1.32. The van der Waals surface area contributed by atoms with Crippen LogP contribution in [0.3, 0.4) is 0 Å². The summed E-state index contributed by atoms with van der Waals surface area (Å²) >= 11 is 0. The first kappa shape index (κ1) is 18.1. The van der Waals surface area contributed by atoms with E-state index >= 15 is 0 Å². The predicted octanol–water partition coefficient (Wildman–Crippen LogP) is -0.356. The highest BCUT2D eigenvalue weighted by molar-refractivity contribution is 6.14. The van der Waals surface area contributed by atoms with Crippen molar-refractivity contribution in [3.63, 3.8) is 0 Å². The van der Waals surface area contributed by atoms with E-state index < -0.39 is 40.7 Å². The van der Waals surface area contributed by atoms with Crippen LogP contribution < -0.4 is 9.84 Å². The third-order valence-corrected chi connectivity index (χ3v) is 2.96. The summed E-state index contributed by atoms with van der Waals surface area (Å²) < 4.78 is 9.46. The molecule has 1 aromatic rings. The van der Waals surface area contributed by atoms with Crippen LogP contribution in [-0.4, -0.2) is 36.4 Å². The van der Waals surface area contributed by atoms with Gasteiger partial charge in [0, 0.05) is 12.5 Å². The second-order valence-electron chi connectivity index (χ2n) is 4.36. The number of nitrogens with zero attached hydrogens (tertiary/aromatic N) is 1. The summed E-state index contributed by atoms with van der Waals surface area (Å²) in [6, 6.07) is 3.88. The normalized spacial score (nSPS) is 11.4. The van der Waals surface area contributed by atoms with Crippen molar-refractivity contribution in [2.75, 3.05) is 13.7 Å². The van der Waals surface area contributed by atoms with Crippen molar-refractivity contribution in [1.29, 1.82) is 0 Å². The standard InChI is InChI=1S/C14H15NO8/c1-3-23-14(19)12(13(17)18)10(16)7-8-9(15(20)21)5-4-6-11(8)22-2/h4-6,12H,3,7H2,1-2H3,(H,17,18)/p-1. The van der Waals surface area contributed by atoms with Crippen molar-refractivity contribution in [3.05, 3.63) is 33.9 Å². The molecule has 0 amide bonds. The number of methoxy groups -OCH3 is 1. The van der Waals surface area contributed by atoms with E-state index in [2.05, 4.69) is 4.74 Å². The average molecular weight is 324 g/mol. The van der Waals surface area contributed by atoms with Gasteiger partial charge in [-0.25, -0.2) is 0 Å². The summed E-state index contributed by atoms with van der Waals surface area (Å²) in [4.78, 5) is 45.0. The molecule has 1 unspecified atom stereocenters. The number of carboxylic acids is 1. The number of benzene rings is 1. The van der Waals surface area contributed by atoms with Crippen molar-refractivity contribution in [3.8, 4) is 5.75 Å². The van der Waals surface area contributed by atoms with Gasteiger partial charge in [-0.1, -0.05) is 6.07 Å². The van der Waals surface area contributed by atoms with Crippen LogP contribution in [0.5, 0.6) is 5.75 Å². The molecule has 1 rings (SSSR count). The van der Waals surface area contributed by atoms with Gasteiger partial charge in [-0.2, -0.15) is 0 Å². The second-order valence-corrected chi connectivity index (χ2v) is 4.36. The first-order chi connectivity index (χ1) is 10.8. The van der Waals surface area contributed by atoms with E-state index in [4.69, 9.17) is 4.74 Å². The Hall–Kier alpha value is -2.97. The molecule has 124 valence electrons. The van der Waals surface area contributed by atoms with Crippen molar-refractivity contribution < 1.29 is 33.9 Å². The third-order valence-electron chi connectivity index (χ3n) is 2.96. The Labute approximate surface area is 131 Å². The Kier molecular flexibility index (Phi) is 6.19. The highest BCUT2D eigenvalue weighted by atomic mass is 16.6. The number of aliphatic carboxylic acids is 1. The molecule has 0 heterocycles. The number of ether oxygens (including phenoxy) is 2. The predicted molar refractivity (Wildman–Crippen MR) is 73.5 cm³/mol. The first-order valence-corrected chi connectivity index (χ1v) is 6.53. The number of carbonyl (C=O) groups excluding carboxylic acids is 3. The van der Waals surface area contributed by atoms with Gasteiger partial charge >= 0.3 is 5.97 Å². The van der Waals surface area contributed by atoms with Crippen LogP contribution in [0.2, 0.25) is 0 Å². The third kappa shape index (κ3) is 4.25. The fourth-order valence-corrected chi connectivity index (χ4v) is 1.96. The fourth-order valence-electron chi connectivity index (χ4n) is 1.96. The van der Waals surface area contributed by atoms with Gasteiger partial charge in [-0.3, -0.25) is 19.7 Å². The van der Waals surface area contributed by atoms with Crippen LogP contribution in [0.4, 0.5) is 5.69 Å². The van der Waals surface area contributed by atoms with Gasteiger partial charge < -0.3 is 19.4 Å². The number of esters is 1. The van der Waals surface area contributed by atoms with Crippen LogP contribution >= 0.6 is 0 Å². The number of nitro benzene ring substituents is 1. The molecule has 0 aromatic heterocycles. The minimum atomic E-state index is -2.15. The zero-order valence-corrected chi connectivity index (χ0v) is 12.4. The van der Waals surface area contributed by atoms with Crippen molar-refractivity contribution >= 4 is 23.4 Å². The quantitative estimate of drug-likeness (QED) is 0.274. The molecule has 0 saturated heterocycles. The second kappa shape index (κ2) is 7.87. The van der Waals surface area contributed by atoms with E-state index in [9.17, 15) is 29.6 Å². The molecule has 9 heteroatoms. The van der Waals surface area contributed by atoms with Crippen molar-refractivity contribution in [2.45, 2.75) is 13.3 Å². The number of rotatable bonds is 8. The molecule has 0 fully saturated rings. The van der Waals surface area contributed by atoms with E-state index in [-0.39, 0.29) is 17.9 Å². The topological polar surface area (TPSA) is 136 Å². The average Bonchev–Trinajstić information content (AvgIpc) is 2.47. The number of Topliss-reactive ketones (excluding diaryl/α,β-unsaturated/α-hetero) is 1. The molecule has 0 spiro atoms. The van der Waals surface area contributed by atoms with Gasteiger partial charge in [0.25, 0.3) is 5.69 Å². The maximum Gasteiger partial charge on any atom is 0.322 e. The van der Waals surface area contributed by atoms with Gasteiger partial charge in [0.1, 0.15) is 5.75 Å². The Morgan fingerprint density at radius 2 is 1.96 bits per heavy atom. The fraction of sp³-hybridized carbons (Fsp3) is 0.357. The molecule has 1 aromatic carbocycles. The molecule has 0 N–H and O–H groups in total. The number of hydrogen-bond acceptors (Lipinski definition) is 8. The first-order valence-electron chi connectivity index (χ1n) is 6.53. The molecule has 1 atom stereocenters. The van der Waals surface area contributed by atoms with Gasteiger partial charge in [-0.15, -0.1) is 0 Å². The highest BCUT2D eigenvalue weighted by Crippen LogP contribution is 2.29. The molecule has 0 bridgehead atoms. The van der Waals surface area contributed by atoms with E-state index in [1.807, 2.05) is 0 Å².